The van der Waals surface area contributed by atoms with Gasteiger partial charge in [0.15, 0.2) is 0 Å². The zero-order valence-corrected chi connectivity index (χ0v) is 14.2. The molecule has 0 amide bonds. The highest BCUT2D eigenvalue weighted by molar-refractivity contribution is 5.40. The molecule has 0 atom stereocenters. The van der Waals surface area contributed by atoms with Gasteiger partial charge in [0.05, 0.1) is 0 Å². The molecular weight excluding hydrogens is 246 g/mol. The number of hydrogen-bond acceptors (Lipinski definition) is 3. The Hall–Kier alpha value is -1.09. The lowest BCUT2D eigenvalue weighted by molar-refractivity contribution is 0.423. The Bertz CT molecular complexity index is 419. The van der Waals surface area contributed by atoms with Gasteiger partial charge in [-0.25, -0.2) is 4.98 Å². The molecule has 1 rings (SSSR count). The van der Waals surface area contributed by atoms with Gasteiger partial charge in [0.2, 0.25) is 0 Å². The normalized spacial score (nSPS) is 12.0. The summed E-state index contributed by atoms with van der Waals surface area (Å²) in [5.41, 5.74) is 2.54. The van der Waals surface area contributed by atoms with E-state index in [1.807, 2.05) is 0 Å². The summed E-state index contributed by atoms with van der Waals surface area (Å²) in [6, 6.07) is 4.33. The van der Waals surface area contributed by atoms with Crippen LogP contribution in [-0.4, -0.2) is 24.1 Å². The molecule has 0 aliphatic carbocycles. The molecule has 0 fully saturated rings. The van der Waals surface area contributed by atoms with Gasteiger partial charge in [-0.1, -0.05) is 19.9 Å². The molecule has 1 aromatic heterocycles. The fourth-order valence-electron chi connectivity index (χ4n) is 1.90. The molecule has 0 saturated carbocycles. The number of anilines is 1. The van der Waals surface area contributed by atoms with Gasteiger partial charge in [-0.2, -0.15) is 0 Å². The van der Waals surface area contributed by atoms with Gasteiger partial charge < -0.3 is 10.2 Å². The van der Waals surface area contributed by atoms with Crippen molar-refractivity contribution < 1.29 is 0 Å². The lowest BCUT2D eigenvalue weighted by Gasteiger charge is -2.23. The summed E-state index contributed by atoms with van der Waals surface area (Å²) in [5, 5.41) is 3.51. The van der Waals surface area contributed by atoms with Crippen LogP contribution in [0.5, 0.6) is 0 Å². The zero-order valence-electron chi connectivity index (χ0n) is 14.2. The minimum absolute atomic E-state index is 0.138. The van der Waals surface area contributed by atoms with E-state index in [1.165, 1.54) is 12.0 Å². The van der Waals surface area contributed by atoms with Gasteiger partial charge in [-0.3, -0.25) is 0 Å². The van der Waals surface area contributed by atoms with Crippen LogP contribution < -0.4 is 10.2 Å². The molecule has 0 aliphatic heterocycles. The summed E-state index contributed by atoms with van der Waals surface area (Å²) in [7, 11) is 2.12. The summed E-state index contributed by atoms with van der Waals surface area (Å²) in [5.74, 6) is 1.80. The molecule has 114 valence electrons. The summed E-state index contributed by atoms with van der Waals surface area (Å²) in [4.78, 5) is 6.98. The van der Waals surface area contributed by atoms with Crippen LogP contribution in [0.4, 0.5) is 5.82 Å². The maximum Gasteiger partial charge on any atom is 0.128 e. The number of aryl methyl sites for hydroxylation is 1. The molecule has 0 saturated heterocycles. The highest BCUT2D eigenvalue weighted by Gasteiger charge is 2.11. The maximum atomic E-state index is 4.74. The van der Waals surface area contributed by atoms with E-state index in [-0.39, 0.29) is 5.54 Å². The SMILES string of the molecule is Cc1nc(N(C)CCC(C)C)ccc1CNC(C)(C)C. The van der Waals surface area contributed by atoms with Gasteiger partial charge in [-0.15, -0.1) is 0 Å². The maximum absolute atomic E-state index is 4.74. The Balaban J connectivity index is 2.67. The minimum atomic E-state index is 0.138. The van der Waals surface area contributed by atoms with Crippen LogP contribution >= 0.6 is 0 Å². The van der Waals surface area contributed by atoms with Gasteiger partial charge in [0.25, 0.3) is 0 Å². The van der Waals surface area contributed by atoms with E-state index in [2.05, 4.69) is 70.9 Å². The van der Waals surface area contributed by atoms with E-state index in [4.69, 9.17) is 4.98 Å². The quantitative estimate of drug-likeness (QED) is 0.858. The smallest absolute Gasteiger partial charge is 0.128 e. The second kappa shape index (κ2) is 7.07. The van der Waals surface area contributed by atoms with Crippen LogP contribution in [0.15, 0.2) is 12.1 Å². The number of hydrogen-bond donors (Lipinski definition) is 1. The number of aromatic nitrogens is 1. The fourth-order valence-corrected chi connectivity index (χ4v) is 1.90. The summed E-state index contributed by atoms with van der Waals surface area (Å²) >= 11 is 0. The standard InChI is InChI=1S/C17H31N3/c1-13(2)10-11-20(7)16-9-8-15(14(3)19-16)12-18-17(4,5)6/h8-9,13,18H,10-12H2,1-7H3. The molecule has 0 bridgehead atoms. The van der Waals surface area contributed by atoms with Crippen molar-refractivity contribution in [2.24, 2.45) is 5.92 Å². The Kier molecular flexibility index (Phi) is 6.00. The molecule has 3 nitrogen and oxygen atoms in total. The van der Waals surface area contributed by atoms with E-state index in [9.17, 15) is 0 Å². The van der Waals surface area contributed by atoms with Crippen molar-refractivity contribution in [1.82, 2.24) is 10.3 Å². The van der Waals surface area contributed by atoms with Crippen LogP contribution in [0.3, 0.4) is 0 Å². The van der Waals surface area contributed by atoms with Crippen LogP contribution in [0, 0.1) is 12.8 Å². The first-order chi connectivity index (χ1) is 9.19. The van der Waals surface area contributed by atoms with Crippen LogP contribution in [0.1, 0.15) is 52.3 Å². The average molecular weight is 277 g/mol. The van der Waals surface area contributed by atoms with E-state index < -0.39 is 0 Å². The first-order valence-corrected chi connectivity index (χ1v) is 7.62. The van der Waals surface area contributed by atoms with Crippen molar-refractivity contribution in [3.63, 3.8) is 0 Å². The fraction of sp³-hybridized carbons (Fsp3) is 0.706. The van der Waals surface area contributed by atoms with Crippen LogP contribution in [0.25, 0.3) is 0 Å². The first kappa shape index (κ1) is 17.0. The van der Waals surface area contributed by atoms with Crippen molar-refractivity contribution in [2.45, 2.75) is 60.0 Å². The Morgan fingerprint density at radius 3 is 2.40 bits per heavy atom. The Morgan fingerprint density at radius 2 is 1.90 bits per heavy atom. The summed E-state index contributed by atoms with van der Waals surface area (Å²) < 4.78 is 0. The predicted octanol–water partition coefficient (Wildman–Crippen LogP) is 3.76. The average Bonchev–Trinajstić information content (AvgIpc) is 2.33. The number of nitrogens with zero attached hydrogens (tertiary/aromatic N) is 2. The lowest BCUT2D eigenvalue weighted by atomic mass is 10.1. The topological polar surface area (TPSA) is 28.2 Å². The minimum Gasteiger partial charge on any atom is -0.360 e. The zero-order chi connectivity index (χ0) is 15.3. The molecule has 1 aromatic rings. The van der Waals surface area contributed by atoms with Crippen LogP contribution in [-0.2, 0) is 6.54 Å². The van der Waals surface area contributed by atoms with Crippen molar-refractivity contribution in [3.05, 3.63) is 23.4 Å². The molecule has 20 heavy (non-hydrogen) atoms. The molecule has 0 spiro atoms. The molecule has 0 aliphatic rings. The second-order valence-electron chi connectivity index (χ2n) is 7.12. The molecule has 0 aromatic carbocycles. The molecule has 0 unspecified atom stereocenters. The monoisotopic (exact) mass is 277 g/mol. The highest BCUT2D eigenvalue weighted by atomic mass is 15.2. The third kappa shape index (κ3) is 5.91. The highest BCUT2D eigenvalue weighted by Crippen LogP contribution is 2.15. The van der Waals surface area contributed by atoms with E-state index in [0.717, 1.165) is 30.5 Å². The number of nitrogens with one attached hydrogen (secondary N) is 1. The number of pyridine rings is 1. The van der Waals surface area contributed by atoms with Crippen LogP contribution in [0.2, 0.25) is 0 Å². The van der Waals surface area contributed by atoms with E-state index in [0.29, 0.717) is 0 Å². The van der Waals surface area contributed by atoms with Gasteiger partial charge in [0.1, 0.15) is 5.82 Å². The molecule has 1 heterocycles. The molecule has 3 heteroatoms. The Morgan fingerprint density at radius 1 is 1.25 bits per heavy atom. The van der Waals surface area contributed by atoms with Gasteiger partial charge in [-0.05, 0) is 51.7 Å². The summed E-state index contributed by atoms with van der Waals surface area (Å²) in [6.07, 6.45) is 1.20. The van der Waals surface area contributed by atoms with Crippen molar-refractivity contribution in [1.29, 1.82) is 0 Å². The molecule has 0 radical (unpaired) electrons. The Labute approximate surface area is 124 Å². The van der Waals surface area contributed by atoms with E-state index >= 15 is 0 Å². The second-order valence-corrected chi connectivity index (χ2v) is 7.12. The van der Waals surface area contributed by atoms with E-state index in [1.54, 1.807) is 0 Å². The molecular formula is C17H31N3. The van der Waals surface area contributed by atoms with Gasteiger partial charge in [0, 0.05) is 31.4 Å². The van der Waals surface area contributed by atoms with Crippen molar-refractivity contribution >= 4 is 5.82 Å². The number of rotatable bonds is 6. The third-order valence-electron chi connectivity index (χ3n) is 3.42. The van der Waals surface area contributed by atoms with Gasteiger partial charge >= 0.3 is 0 Å². The van der Waals surface area contributed by atoms with Crippen molar-refractivity contribution in [2.75, 3.05) is 18.5 Å². The third-order valence-corrected chi connectivity index (χ3v) is 3.42. The predicted molar refractivity (Wildman–Crippen MR) is 88.3 cm³/mol. The molecule has 1 N–H and O–H groups in total. The summed E-state index contributed by atoms with van der Waals surface area (Å²) in [6.45, 7) is 15.1. The largest absolute Gasteiger partial charge is 0.360 e. The first-order valence-electron chi connectivity index (χ1n) is 7.62. The van der Waals surface area contributed by atoms with Crippen molar-refractivity contribution in [3.8, 4) is 0 Å². The lowest BCUT2D eigenvalue weighted by Crippen LogP contribution is -2.35.